The van der Waals surface area contributed by atoms with Gasteiger partial charge in [0.1, 0.15) is 0 Å². The van der Waals surface area contributed by atoms with Gasteiger partial charge in [0.25, 0.3) is 0 Å². The van der Waals surface area contributed by atoms with Crippen LogP contribution < -0.4 is 0 Å². The highest BCUT2D eigenvalue weighted by Crippen LogP contribution is 2.46. The molecule has 0 radical (unpaired) electrons. The number of hydrogen-bond donors (Lipinski definition) is 0. The van der Waals surface area contributed by atoms with Gasteiger partial charge < -0.3 is 0 Å². The van der Waals surface area contributed by atoms with Crippen LogP contribution in [0.4, 0.5) is 0 Å². The third-order valence-electron chi connectivity index (χ3n) is 22.7. The number of benzene rings is 18. The minimum atomic E-state index is 1.29. The van der Waals surface area contributed by atoms with Gasteiger partial charge in [0.2, 0.25) is 0 Å². The van der Waals surface area contributed by atoms with E-state index >= 15 is 0 Å². The molecule has 0 saturated heterocycles. The Kier molecular flexibility index (Phi) is 22.1. The Hall–Kier alpha value is -12.7. The molecule has 18 aromatic carbocycles. The van der Waals surface area contributed by atoms with Crippen LogP contribution in [0, 0.1) is 41.5 Å². The summed E-state index contributed by atoms with van der Waals surface area (Å²) in [7, 11) is 0. The molecule has 6 aromatic heterocycles. The van der Waals surface area contributed by atoms with E-state index in [9.17, 15) is 0 Å². The molecule has 0 bridgehead atoms. The quantitative estimate of drug-likeness (QED) is 0.156. The molecule has 6 heteroatoms. The number of thiophene rings is 6. The van der Waals surface area contributed by atoms with Gasteiger partial charge in [-0.1, -0.05) is 350 Å². The van der Waals surface area contributed by atoms with Crippen molar-refractivity contribution in [2.75, 3.05) is 0 Å². The SMILES string of the molecule is Cc1ccc(-c2ccc3c(c2)sc2ccccc23)cc1.Cc1ccc(-c2cccc3sc4ccccc4c23)cc1.Cc1cccc(-c2ccc3c(c2)sc2ccccc23)c1.Cc1cccc(-c2cccc3sc4ccccc4c23)c1.Cc1ccccc1-c1ccc2c(c1)sc1ccccc12.Cc1ccccc1-c1cccc2sc3ccccc3c12. The van der Waals surface area contributed by atoms with Crippen LogP contribution in [0.3, 0.4) is 0 Å². The highest BCUT2D eigenvalue weighted by atomic mass is 32.1. The summed E-state index contributed by atoms with van der Waals surface area (Å²) in [6, 6.07) is 144. The summed E-state index contributed by atoms with van der Waals surface area (Å²) >= 11 is 11.2. The standard InChI is InChI=1S/6C19H14S/c1-13-6-4-7-14(12-13)15-9-5-11-18-19(15)16-8-2-3-10-17(16)20-18;1-13-7-2-3-8-14(13)15-10-6-12-18-19(15)16-9-4-5-11-17(16)20-18;1-13-5-4-6-14(11-13)15-9-10-17-16-7-2-3-8-18(16)20-19(17)12-15;1-13-6-2-3-7-15(13)14-10-11-17-16-8-4-5-9-18(16)20-19(17)12-14;1-13-9-11-14(12-10-13)15-6-4-8-18-19(15)16-5-2-3-7-17(16)20-18;1-13-6-8-14(9-7-13)15-10-11-17-16-4-2-3-5-18(16)20-19(17)12-15/h6*2-12H,1H3. The van der Waals surface area contributed by atoms with Crippen LogP contribution in [0.15, 0.2) is 400 Å². The Morgan fingerprint density at radius 3 is 0.825 bits per heavy atom. The van der Waals surface area contributed by atoms with E-state index in [1.807, 2.05) is 68.0 Å². The highest BCUT2D eigenvalue weighted by Gasteiger charge is 2.17. The average molecular weight is 1650 g/mol. The van der Waals surface area contributed by atoms with Crippen LogP contribution >= 0.6 is 68.0 Å². The van der Waals surface area contributed by atoms with Crippen molar-refractivity contribution in [3.63, 3.8) is 0 Å². The van der Waals surface area contributed by atoms with Crippen molar-refractivity contribution in [1.29, 1.82) is 0 Å². The molecule has 0 N–H and O–H groups in total. The van der Waals surface area contributed by atoms with Gasteiger partial charge in [-0.05, 0) is 192 Å². The second kappa shape index (κ2) is 34.3. The minimum Gasteiger partial charge on any atom is -0.135 e. The van der Waals surface area contributed by atoms with Gasteiger partial charge in [-0.3, -0.25) is 0 Å². The summed E-state index contributed by atoms with van der Waals surface area (Å²) in [5.41, 5.74) is 23.6. The largest absolute Gasteiger partial charge is 0.135 e. The lowest BCUT2D eigenvalue weighted by atomic mass is 9.96. The zero-order chi connectivity index (χ0) is 81.2. The van der Waals surface area contributed by atoms with E-state index in [1.54, 1.807) is 0 Å². The Balaban J connectivity index is 0.0000000952. The van der Waals surface area contributed by atoms with Gasteiger partial charge in [0, 0.05) is 121 Å². The molecule has 6 heterocycles. The van der Waals surface area contributed by atoms with Crippen LogP contribution in [-0.4, -0.2) is 0 Å². The maximum atomic E-state index is 2.32. The second-order valence-corrected chi connectivity index (χ2v) is 37.4. The molecule has 0 fully saturated rings. The highest BCUT2D eigenvalue weighted by molar-refractivity contribution is 7.28. The Morgan fingerprint density at radius 2 is 0.392 bits per heavy atom. The maximum absolute atomic E-state index is 2.32. The minimum absolute atomic E-state index is 1.29. The van der Waals surface area contributed by atoms with Gasteiger partial charge in [0.15, 0.2) is 0 Å². The van der Waals surface area contributed by atoms with E-state index in [1.165, 1.54) is 221 Å². The molecule has 0 saturated carbocycles. The van der Waals surface area contributed by atoms with E-state index in [0.29, 0.717) is 0 Å². The zero-order valence-corrected chi connectivity index (χ0v) is 72.5. The van der Waals surface area contributed by atoms with Crippen molar-refractivity contribution in [2.24, 2.45) is 0 Å². The van der Waals surface area contributed by atoms with Gasteiger partial charge in [-0.15, -0.1) is 68.0 Å². The van der Waals surface area contributed by atoms with Crippen LogP contribution in [-0.2, 0) is 0 Å². The number of aryl methyl sites for hydroxylation is 6. The lowest BCUT2D eigenvalue weighted by Gasteiger charge is -2.07. The zero-order valence-electron chi connectivity index (χ0n) is 67.6. The molecule has 24 rings (SSSR count). The second-order valence-electron chi connectivity index (χ2n) is 30.9. The van der Waals surface area contributed by atoms with Crippen molar-refractivity contribution in [3.8, 4) is 66.8 Å². The first-order chi connectivity index (χ1) is 58.9. The van der Waals surface area contributed by atoms with Crippen molar-refractivity contribution in [1.82, 2.24) is 0 Å². The molecule has 0 amide bonds. The summed E-state index contributed by atoms with van der Waals surface area (Å²) in [5, 5.41) is 16.4. The number of rotatable bonds is 6. The lowest BCUT2D eigenvalue weighted by molar-refractivity contribution is 1.46. The predicted octanol–water partition coefficient (Wildman–Crippen LogP) is 36.2. The summed E-state index contributed by atoms with van der Waals surface area (Å²) in [5.74, 6) is 0. The van der Waals surface area contributed by atoms with Crippen molar-refractivity contribution >= 4 is 189 Å². The number of fused-ring (bicyclic) bond motifs is 18. The molecule has 0 aliphatic rings. The van der Waals surface area contributed by atoms with Gasteiger partial charge >= 0.3 is 0 Å². The first kappa shape index (κ1) is 77.2. The topological polar surface area (TPSA) is 0 Å². The monoisotopic (exact) mass is 1640 g/mol. The normalized spacial score (nSPS) is 11.2. The Morgan fingerprint density at radius 1 is 0.133 bits per heavy atom. The third-order valence-corrected chi connectivity index (χ3v) is 29.5. The van der Waals surface area contributed by atoms with Crippen molar-refractivity contribution in [2.45, 2.75) is 41.5 Å². The molecule has 0 aliphatic heterocycles. The van der Waals surface area contributed by atoms with E-state index in [4.69, 9.17) is 0 Å². The van der Waals surface area contributed by atoms with Crippen LogP contribution in [0.1, 0.15) is 33.4 Å². The Bertz CT molecular complexity index is 7860. The third kappa shape index (κ3) is 15.9. The van der Waals surface area contributed by atoms with Gasteiger partial charge in [-0.2, -0.15) is 0 Å². The molecular formula is C114H84S6. The fraction of sp³-hybridized carbons (Fsp3) is 0.0526. The lowest BCUT2D eigenvalue weighted by Crippen LogP contribution is -1.83. The molecule has 0 atom stereocenters. The molecule has 0 spiro atoms. The van der Waals surface area contributed by atoms with E-state index in [2.05, 4.69) is 442 Å². The summed E-state index contributed by atoms with van der Waals surface area (Å²) < 4.78 is 16.4. The smallest absolute Gasteiger partial charge is 0.0361 e. The number of hydrogen-bond acceptors (Lipinski definition) is 6. The molecule has 24 aromatic rings. The first-order valence-electron chi connectivity index (χ1n) is 40.8. The van der Waals surface area contributed by atoms with Crippen LogP contribution in [0.25, 0.3) is 188 Å². The molecule has 0 nitrogen and oxygen atoms in total. The van der Waals surface area contributed by atoms with E-state index in [-0.39, 0.29) is 0 Å². The maximum Gasteiger partial charge on any atom is 0.0361 e. The van der Waals surface area contributed by atoms with Gasteiger partial charge in [0.05, 0.1) is 0 Å². The van der Waals surface area contributed by atoms with Crippen molar-refractivity contribution in [3.05, 3.63) is 434 Å². The fourth-order valence-corrected chi connectivity index (χ4v) is 23.5. The fourth-order valence-electron chi connectivity index (χ4n) is 16.6. The van der Waals surface area contributed by atoms with Crippen LogP contribution in [0.2, 0.25) is 0 Å². The molecule has 576 valence electrons. The molecule has 0 unspecified atom stereocenters. The molecule has 0 aliphatic carbocycles. The average Bonchev–Trinajstić information content (AvgIpc) is 1.57. The predicted molar refractivity (Wildman–Crippen MR) is 537 cm³/mol. The van der Waals surface area contributed by atoms with Crippen molar-refractivity contribution < 1.29 is 0 Å². The molecule has 120 heavy (non-hydrogen) atoms. The first-order valence-corrected chi connectivity index (χ1v) is 45.7. The van der Waals surface area contributed by atoms with E-state index in [0.717, 1.165) is 0 Å². The van der Waals surface area contributed by atoms with E-state index < -0.39 is 0 Å². The summed E-state index contributed by atoms with van der Waals surface area (Å²) in [6.45, 7) is 12.9. The van der Waals surface area contributed by atoms with Gasteiger partial charge in [-0.25, -0.2) is 0 Å². The summed E-state index contributed by atoms with van der Waals surface area (Å²) in [6.07, 6.45) is 0. The molecular weight excluding hydrogens is 1560 g/mol. The van der Waals surface area contributed by atoms with Crippen LogP contribution in [0.5, 0.6) is 0 Å². The Labute approximate surface area is 724 Å². The summed E-state index contributed by atoms with van der Waals surface area (Å²) in [4.78, 5) is 0.